The quantitative estimate of drug-likeness (QED) is 0.939. The van der Waals surface area contributed by atoms with Crippen molar-refractivity contribution in [1.29, 1.82) is 0 Å². The first-order chi connectivity index (χ1) is 9.10. The van der Waals surface area contributed by atoms with Crippen LogP contribution in [0, 0.1) is 13.8 Å². The fraction of sp³-hybridized carbons (Fsp3) is 0.333. The fourth-order valence-corrected chi connectivity index (χ4v) is 2.64. The Labute approximate surface area is 122 Å². The van der Waals surface area contributed by atoms with Gasteiger partial charge in [-0.3, -0.25) is 0 Å². The maximum atomic E-state index is 4.21. The third-order valence-corrected chi connectivity index (χ3v) is 3.69. The largest absolute Gasteiger partial charge is 0.313 e. The minimum atomic E-state index is 0.253. The Balaban J connectivity index is 2.27. The first-order valence-corrected chi connectivity index (χ1v) is 7.12. The van der Waals surface area contributed by atoms with E-state index in [0.29, 0.717) is 0 Å². The number of likely N-dealkylation sites (N-methyl/N-ethyl adjacent to an activating group) is 1. The summed E-state index contributed by atoms with van der Waals surface area (Å²) in [5, 5.41) is 11.7. The highest BCUT2D eigenvalue weighted by atomic mass is 79.9. The van der Waals surface area contributed by atoms with Gasteiger partial charge in [-0.1, -0.05) is 28.1 Å². The molecule has 0 aliphatic rings. The number of hydrogen-bond donors (Lipinski definition) is 1. The van der Waals surface area contributed by atoms with Crippen LogP contribution < -0.4 is 5.32 Å². The number of nitrogens with one attached hydrogen (secondary N) is 1. The second-order valence-electron chi connectivity index (χ2n) is 4.70. The number of hydrogen-bond acceptors (Lipinski definition) is 3. The molecule has 1 N–H and O–H groups in total. The Bertz CT molecular complexity index is 569. The van der Waals surface area contributed by atoms with Crippen molar-refractivity contribution in [2.45, 2.75) is 26.3 Å². The number of benzene rings is 1. The Morgan fingerprint density at radius 2 is 2.00 bits per heavy atom. The van der Waals surface area contributed by atoms with Crippen molar-refractivity contribution in [3.05, 3.63) is 57.3 Å². The zero-order valence-electron chi connectivity index (χ0n) is 11.4. The maximum Gasteiger partial charge on any atom is 0.0648 e. The van der Waals surface area contributed by atoms with Crippen LogP contribution in [-0.4, -0.2) is 17.2 Å². The molecule has 1 aromatic heterocycles. The van der Waals surface area contributed by atoms with Crippen LogP contribution in [0.5, 0.6) is 0 Å². The van der Waals surface area contributed by atoms with Gasteiger partial charge in [-0.05, 0) is 56.6 Å². The maximum absolute atomic E-state index is 4.21. The van der Waals surface area contributed by atoms with Gasteiger partial charge in [0.1, 0.15) is 0 Å². The summed E-state index contributed by atoms with van der Waals surface area (Å²) < 4.78 is 1.11. The molecule has 3 nitrogen and oxygen atoms in total. The summed E-state index contributed by atoms with van der Waals surface area (Å²) in [7, 11) is 1.98. The van der Waals surface area contributed by atoms with Crippen molar-refractivity contribution in [3.63, 3.8) is 0 Å². The van der Waals surface area contributed by atoms with Crippen LogP contribution in [0.15, 0.2) is 34.8 Å². The Morgan fingerprint density at radius 1 is 1.21 bits per heavy atom. The summed E-state index contributed by atoms with van der Waals surface area (Å²) in [6, 6.07) is 10.8. The van der Waals surface area contributed by atoms with Gasteiger partial charge in [-0.2, -0.15) is 10.2 Å². The van der Waals surface area contributed by atoms with Crippen LogP contribution in [0.25, 0.3) is 0 Å². The smallest absolute Gasteiger partial charge is 0.0648 e. The minimum absolute atomic E-state index is 0.253. The third kappa shape index (κ3) is 3.61. The first-order valence-electron chi connectivity index (χ1n) is 6.32. The number of nitrogens with zero attached hydrogens (tertiary/aromatic N) is 2. The van der Waals surface area contributed by atoms with E-state index >= 15 is 0 Å². The van der Waals surface area contributed by atoms with Crippen molar-refractivity contribution in [2.24, 2.45) is 0 Å². The first kappa shape index (κ1) is 14.2. The van der Waals surface area contributed by atoms with E-state index in [-0.39, 0.29) is 6.04 Å². The van der Waals surface area contributed by atoms with Gasteiger partial charge in [0.25, 0.3) is 0 Å². The lowest BCUT2D eigenvalue weighted by Gasteiger charge is -2.18. The van der Waals surface area contributed by atoms with E-state index in [1.54, 1.807) is 0 Å². The summed E-state index contributed by atoms with van der Waals surface area (Å²) in [4.78, 5) is 0. The Kier molecular flexibility index (Phi) is 4.66. The molecule has 1 unspecified atom stereocenters. The van der Waals surface area contributed by atoms with Gasteiger partial charge in [0.2, 0.25) is 0 Å². The van der Waals surface area contributed by atoms with Gasteiger partial charge in [-0.15, -0.1) is 0 Å². The molecule has 0 saturated carbocycles. The molecule has 0 amide bonds. The fourth-order valence-electron chi connectivity index (χ4n) is 2.19. The summed E-state index contributed by atoms with van der Waals surface area (Å²) >= 11 is 3.51. The van der Waals surface area contributed by atoms with Crippen LogP contribution in [0.4, 0.5) is 0 Å². The number of aryl methyl sites for hydroxylation is 2. The summed E-state index contributed by atoms with van der Waals surface area (Å²) in [5.41, 5.74) is 4.45. The average molecular weight is 320 g/mol. The zero-order valence-corrected chi connectivity index (χ0v) is 13.0. The topological polar surface area (TPSA) is 37.8 Å². The zero-order chi connectivity index (χ0) is 13.8. The molecule has 2 aromatic rings. The monoisotopic (exact) mass is 319 g/mol. The SMILES string of the molecule is CNC(Cc1cccc(Br)c1)c1cc(C)nnc1C. The van der Waals surface area contributed by atoms with E-state index in [2.05, 4.69) is 55.7 Å². The van der Waals surface area contributed by atoms with E-state index in [4.69, 9.17) is 0 Å². The van der Waals surface area contributed by atoms with Crippen LogP contribution in [0.2, 0.25) is 0 Å². The molecule has 19 heavy (non-hydrogen) atoms. The number of halogens is 1. The minimum Gasteiger partial charge on any atom is -0.313 e. The predicted octanol–water partition coefficient (Wildman–Crippen LogP) is 3.36. The molecule has 0 saturated heterocycles. The number of rotatable bonds is 4. The van der Waals surface area contributed by atoms with Gasteiger partial charge in [0.15, 0.2) is 0 Å². The van der Waals surface area contributed by atoms with Crippen LogP contribution >= 0.6 is 15.9 Å². The second-order valence-corrected chi connectivity index (χ2v) is 5.62. The predicted molar refractivity (Wildman–Crippen MR) is 81.2 cm³/mol. The average Bonchev–Trinajstić information content (AvgIpc) is 2.39. The summed E-state index contributed by atoms with van der Waals surface area (Å²) in [6.07, 6.45) is 0.932. The molecule has 0 radical (unpaired) electrons. The highest BCUT2D eigenvalue weighted by Crippen LogP contribution is 2.22. The van der Waals surface area contributed by atoms with Crippen LogP contribution in [0.1, 0.15) is 28.6 Å². The second kappa shape index (κ2) is 6.26. The van der Waals surface area contributed by atoms with E-state index in [1.165, 1.54) is 11.1 Å². The van der Waals surface area contributed by atoms with Crippen molar-refractivity contribution in [2.75, 3.05) is 7.05 Å². The Hall–Kier alpha value is -1.26. The molecule has 100 valence electrons. The molecule has 0 aliphatic carbocycles. The van der Waals surface area contributed by atoms with Crippen molar-refractivity contribution in [3.8, 4) is 0 Å². The normalized spacial score (nSPS) is 12.4. The van der Waals surface area contributed by atoms with Gasteiger partial charge in [0, 0.05) is 10.5 Å². The molecule has 0 bridgehead atoms. The van der Waals surface area contributed by atoms with E-state index in [1.807, 2.05) is 27.0 Å². The molecule has 1 aromatic carbocycles. The van der Waals surface area contributed by atoms with Crippen LogP contribution in [-0.2, 0) is 6.42 Å². The molecule has 1 heterocycles. The molecular formula is C15H18BrN3. The molecule has 0 spiro atoms. The molecule has 0 aliphatic heterocycles. The lowest BCUT2D eigenvalue weighted by atomic mass is 9.98. The highest BCUT2D eigenvalue weighted by molar-refractivity contribution is 9.10. The van der Waals surface area contributed by atoms with E-state index in [9.17, 15) is 0 Å². The lowest BCUT2D eigenvalue weighted by molar-refractivity contribution is 0.582. The molecule has 0 fully saturated rings. The lowest BCUT2D eigenvalue weighted by Crippen LogP contribution is -2.20. The molecule has 4 heteroatoms. The van der Waals surface area contributed by atoms with Gasteiger partial charge < -0.3 is 5.32 Å². The van der Waals surface area contributed by atoms with Gasteiger partial charge in [0.05, 0.1) is 11.4 Å². The standard InChI is InChI=1S/C15H18BrN3/c1-10-7-14(11(2)19-18-10)15(17-3)9-12-5-4-6-13(16)8-12/h4-8,15,17H,9H2,1-3H3. The van der Waals surface area contributed by atoms with E-state index < -0.39 is 0 Å². The summed E-state index contributed by atoms with van der Waals surface area (Å²) in [5.74, 6) is 0. The van der Waals surface area contributed by atoms with Gasteiger partial charge >= 0.3 is 0 Å². The van der Waals surface area contributed by atoms with Crippen LogP contribution in [0.3, 0.4) is 0 Å². The van der Waals surface area contributed by atoms with Crippen molar-refractivity contribution in [1.82, 2.24) is 15.5 Å². The number of aromatic nitrogens is 2. The van der Waals surface area contributed by atoms with Crippen molar-refractivity contribution >= 4 is 15.9 Å². The molecule has 1 atom stereocenters. The van der Waals surface area contributed by atoms with Gasteiger partial charge in [-0.25, -0.2) is 0 Å². The van der Waals surface area contributed by atoms with E-state index in [0.717, 1.165) is 22.3 Å². The summed E-state index contributed by atoms with van der Waals surface area (Å²) in [6.45, 7) is 3.98. The third-order valence-electron chi connectivity index (χ3n) is 3.19. The Morgan fingerprint density at radius 3 is 2.68 bits per heavy atom. The molecule has 2 rings (SSSR count). The van der Waals surface area contributed by atoms with Crippen molar-refractivity contribution < 1.29 is 0 Å². The highest BCUT2D eigenvalue weighted by Gasteiger charge is 2.14. The molecular weight excluding hydrogens is 302 g/mol.